The number of hydrogen-bond acceptors (Lipinski definition) is 5. The highest BCUT2D eigenvalue weighted by Crippen LogP contribution is 2.31. The lowest BCUT2D eigenvalue weighted by atomic mass is 10.0. The molecule has 1 saturated heterocycles. The molecule has 1 heterocycles. The standard InChI is InChI=1S/C21H24ClFN2O4/c1-13-12-25(8-9-29-13)18(20-16(22)4-3-5-17(20)23)11-24-21(27)15-7-6-14(28-2)10-19(15)26/h3-7,10,13,18,26H,8-9,11-12H2,1-2H3,(H,24,27). The van der Waals surface area contributed by atoms with E-state index in [1.165, 1.54) is 25.3 Å². The van der Waals surface area contributed by atoms with Gasteiger partial charge in [0.25, 0.3) is 5.91 Å². The number of hydrogen-bond donors (Lipinski definition) is 2. The number of nitrogens with one attached hydrogen (secondary N) is 1. The number of nitrogens with zero attached hydrogens (tertiary/aromatic N) is 1. The highest BCUT2D eigenvalue weighted by atomic mass is 35.5. The second-order valence-corrected chi connectivity index (χ2v) is 7.33. The van der Waals surface area contributed by atoms with Gasteiger partial charge in [-0.2, -0.15) is 0 Å². The van der Waals surface area contributed by atoms with Crippen LogP contribution in [0.3, 0.4) is 0 Å². The van der Waals surface area contributed by atoms with Crippen LogP contribution in [-0.4, -0.2) is 55.4 Å². The molecule has 2 aromatic carbocycles. The van der Waals surface area contributed by atoms with Crippen LogP contribution in [0.15, 0.2) is 36.4 Å². The van der Waals surface area contributed by atoms with Gasteiger partial charge in [0.15, 0.2) is 0 Å². The number of rotatable bonds is 6. The van der Waals surface area contributed by atoms with Crippen LogP contribution in [0.4, 0.5) is 4.39 Å². The van der Waals surface area contributed by atoms with E-state index in [1.807, 2.05) is 11.8 Å². The summed E-state index contributed by atoms with van der Waals surface area (Å²) in [7, 11) is 1.47. The van der Waals surface area contributed by atoms with Crippen molar-refractivity contribution in [3.05, 3.63) is 58.4 Å². The third-order valence-corrected chi connectivity index (χ3v) is 5.28. The Morgan fingerprint density at radius 1 is 1.45 bits per heavy atom. The van der Waals surface area contributed by atoms with E-state index in [0.717, 1.165) is 0 Å². The van der Waals surface area contributed by atoms with Gasteiger partial charge in [0.1, 0.15) is 17.3 Å². The average Bonchev–Trinajstić information content (AvgIpc) is 2.69. The van der Waals surface area contributed by atoms with E-state index in [-0.39, 0.29) is 24.0 Å². The van der Waals surface area contributed by atoms with Crippen LogP contribution in [0.1, 0.15) is 28.9 Å². The summed E-state index contributed by atoms with van der Waals surface area (Å²) in [6.07, 6.45) is -0.0156. The molecule has 0 saturated carbocycles. The molecule has 8 heteroatoms. The molecule has 29 heavy (non-hydrogen) atoms. The molecule has 1 aliphatic rings. The molecule has 2 unspecified atom stereocenters. The fraction of sp³-hybridized carbons (Fsp3) is 0.381. The molecule has 0 aliphatic carbocycles. The van der Waals surface area contributed by atoms with Crippen LogP contribution in [0, 0.1) is 5.82 Å². The number of halogens is 2. The lowest BCUT2D eigenvalue weighted by molar-refractivity contribution is -0.0346. The molecular formula is C21H24ClFN2O4. The smallest absolute Gasteiger partial charge is 0.255 e. The van der Waals surface area contributed by atoms with E-state index in [9.17, 15) is 14.3 Å². The maximum atomic E-state index is 14.6. The molecule has 0 spiro atoms. The van der Waals surface area contributed by atoms with Gasteiger partial charge >= 0.3 is 0 Å². The minimum absolute atomic E-state index is 0.0156. The van der Waals surface area contributed by atoms with E-state index in [1.54, 1.807) is 18.2 Å². The van der Waals surface area contributed by atoms with Gasteiger partial charge in [0.05, 0.1) is 31.4 Å². The Morgan fingerprint density at radius 3 is 2.90 bits per heavy atom. The largest absolute Gasteiger partial charge is 0.507 e. The Balaban J connectivity index is 1.83. The third kappa shape index (κ3) is 4.98. The fourth-order valence-electron chi connectivity index (χ4n) is 3.49. The molecule has 0 radical (unpaired) electrons. The molecule has 2 aromatic rings. The zero-order valence-corrected chi connectivity index (χ0v) is 17.1. The molecule has 1 aliphatic heterocycles. The minimum Gasteiger partial charge on any atom is -0.507 e. The van der Waals surface area contributed by atoms with Crippen molar-refractivity contribution in [3.63, 3.8) is 0 Å². The Hall–Kier alpha value is -2.35. The fourth-order valence-corrected chi connectivity index (χ4v) is 3.78. The van der Waals surface area contributed by atoms with Gasteiger partial charge in [-0.05, 0) is 31.2 Å². The highest BCUT2D eigenvalue weighted by Gasteiger charge is 2.29. The zero-order chi connectivity index (χ0) is 21.0. The van der Waals surface area contributed by atoms with Gasteiger partial charge in [0.2, 0.25) is 0 Å². The lowest BCUT2D eigenvalue weighted by Gasteiger charge is -2.38. The predicted octanol–water partition coefficient (Wildman–Crippen LogP) is 3.39. The summed E-state index contributed by atoms with van der Waals surface area (Å²) in [5.74, 6) is -0.646. The molecule has 1 amide bonds. The van der Waals surface area contributed by atoms with Crippen molar-refractivity contribution in [2.45, 2.75) is 19.1 Å². The summed E-state index contributed by atoms with van der Waals surface area (Å²) in [6, 6.07) is 8.50. The second kappa shape index (κ2) is 9.43. The number of ether oxygens (including phenoxy) is 2. The molecule has 0 aromatic heterocycles. The first-order valence-electron chi connectivity index (χ1n) is 9.35. The second-order valence-electron chi connectivity index (χ2n) is 6.92. The van der Waals surface area contributed by atoms with Gasteiger partial charge in [-0.15, -0.1) is 0 Å². The number of phenolic OH excluding ortho intramolecular Hbond substituents is 1. The SMILES string of the molecule is COc1ccc(C(=O)NCC(c2c(F)cccc2Cl)N2CCOC(C)C2)c(O)c1. The number of phenols is 1. The predicted molar refractivity (Wildman–Crippen MR) is 108 cm³/mol. The Labute approximate surface area is 174 Å². The molecule has 0 bridgehead atoms. The lowest BCUT2D eigenvalue weighted by Crippen LogP contribution is -2.47. The first-order valence-corrected chi connectivity index (χ1v) is 9.73. The van der Waals surface area contributed by atoms with Crippen molar-refractivity contribution in [1.29, 1.82) is 0 Å². The van der Waals surface area contributed by atoms with E-state index >= 15 is 0 Å². The van der Waals surface area contributed by atoms with Crippen molar-refractivity contribution in [2.24, 2.45) is 0 Å². The molecule has 2 atom stereocenters. The van der Waals surface area contributed by atoms with E-state index in [0.29, 0.717) is 36.0 Å². The van der Waals surface area contributed by atoms with E-state index < -0.39 is 17.8 Å². The first-order chi connectivity index (χ1) is 13.9. The summed E-state index contributed by atoms with van der Waals surface area (Å²) in [6.45, 7) is 3.75. The van der Waals surface area contributed by atoms with Crippen molar-refractivity contribution in [1.82, 2.24) is 10.2 Å². The summed E-state index contributed by atoms with van der Waals surface area (Å²) in [4.78, 5) is 14.7. The molecule has 156 valence electrons. The Morgan fingerprint density at radius 2 is 2.24 bits per heavy atom. The van der Waals surface area contributed by atoms with Crippen LogP contribution in [0.5, 0.6) is 11.5 Å². The topological polar surface area (TPSA) is 71.0 Å². The number of carbonyl (C=O) groups is 1. The summed E-state index contributed by atoms with van der Waals surface area (Å²) in [5, 5.41) is 13.2. The van der Waals surface area contributed by atoms with Crippen molar-refractivity contribution < 1.29 is 23.8 Å². The van der Waals surface area contributed by atoms with Crippen LogP contribution in [-0.2, 0) is 4.74 Å². The number of benzene rings is 2. The summed E-state index contributed by atoms with van der Waals surface area (Å²) >= 11 is 6.31. The van der Waals surface area contributed by atoms with Crippen LogP contribution in [0.2, 0.25) is 5.02 Å². The number of carbonyl (C=O) groups excluding carboxylic acids is 1. The monoisotopic (exact) mass is 422 g/mol. The maximum Gasteiger partial charge on any atom is 0.255 e. The van der Waals surface area contributed by atoms with Crippen molar-refractivity contribution >= 4 is 17.5 Å². The molecule has 2 N–H and O–H groups in total. The molecule has 3 rings (SSSR count). The minimum atomic E-state index is -0.473. The van der Waals surface area contributed by atoms with Gasteiger partial charge < -0.3 is 19.9 Å². The quantitative estimate of drug-likeness (QED) is 0.746. The van der Waals surface area contributed by atoms with Gasteiger partial charge in [-0.25, -0.2) is 4.39 Å². The number of amides is 1. The molecule has 6 nitrogen and oxygen atoms in total. The van der Waals surface area contributed by atoms with Gasteiger partial charge in [-0.1, -0.05) is 17.7 Å². The molecular weight excluding hydrogens is 399 g/mol. The van der Waals surface area contributed by atoms with Gasteiger partial charge in [0, 0.05) is 36.3 Å². The van der Waals surface area contributed by atoms with E-state index in [4.69, 9.17) is 21.1 Å². The summed E-state index contributed by atoms with van der Waals surface area (Å²) < 4.78 is 25.3. The number of aromatic hydroxyl groups is 1. The number of methoxy groups -OCH3 is 1. The van der Waals surface area contributed by atoms with Crippen LogP contribution < -0.4 is 10.1 Å². The number of morpholine rings is 1. The maximum absolute atomic E-state index is 14.6. The Kier molecular flexibility index (Phi) is 6.95. The van der Waals surface area contributed by atoms with E-state index in [2.05, 4.69) is 5.32 Å². The first kappa shape index (κ1) is 21.4. The normalized spacial score (nSPS) is 18.3. The molecule has 1 fully saturated rings. The van der Waals surface area contributed by atoms with Crippen molar-refractivity contribution in [3.8, 4) is 11.5 Å². The average molecular weight is 423 g/mol. The van der Waals surface area contributed by atoms with Crippen LogP contribution in [0.25, 0.3) is 0 Å². The third-order valence-electron chi connectivity index (χ3n) is 4.95. The van der Waals surface area contributed by atoms with Crippen molar-refractivity contribution in [2.75, 3.05) is 33.4 Å². The summed E-state index contributed by atoms with van der Waals surface area (Å²) in [5.41, 5.74) is 0.446. The van der Waals surface area contributed by atoms with Crippen LogP contribution >= 0.6 is 11.6 Å². The zero-order valence-electron chi connectivity index (χ0n) is 16.3. The highest BCUT2D eigenvalue weighted by molar-refractivity contribution is 6.31. The Bertz CT molecular complexity index is 860. The van der Waals surface area contributed by atoms with Gasteiger partial charge in [-0.3, -0.25) is 9.69 Å².